The lowest BCUT2D eigenvalue weighted by atomic mass is 10.0. The molecule has 0 saturated heterocycles. The van der Waals surface area contributed by atoms with Crippen molar-refractivity contribution in [3.63, 3.8) is 0 Å². The lowest BCUT2D eigenvalue weighted by Crippen LogP contribution is -2.45. The Balaban J connectivity index is 3.53. The largest absolute Gasteiger partial charge is 0.394 e. The number of carbonyl (C=O) groups is 1. The molecular weight excluding hydrogens is 687 g/mol. The number of amides is 1. The van der Waals surface area contributed by atoms with Gasteiger partial charge in [0.15, 0.2) is 0 Å². The van der Waals surface area contributed by atoms with Crippen LogP contribution >= 0.6 is 0 Å². The minimum Gasteiger partial charge on any atom is -0.394 e. The van der Waals surface area contributed by atoms with E-state index in [1.54, 1.807) is 6.08 Å². The van der Waals surface area contributed by atoms with Gasteiger partial charge >= 0.3 is 0 Å². The second-order valence-electron chi connectivity index (χ2n) is 16.9. The highest BCUT2D eigenvalue weighted by Gasteiger charge is 2.17. The summed E-state index contributed by atoms with van der Waals surface area (Å²) in [5, 5.41) is 23.0. The third kappa shape index (κ3) is 43.5. The van der Waals surface area contributed by atoms with Gasteiger partial charge in [0.1, 0.15) is 0 Å². The Bertz CT molecular complexity index is 893. The fourth-order valence-corrected chi connectivity index (χ4v) is 7.46. The number of allylic oxidation sites excluding steroid dienone is 7. The van der Waals surface area contributed by atoms with E-state index >= 15 is 0 Å². The molecule has 0 aromatic heterocycles. The molecule has 1 amide bonds. The van der Waals surface area contributed by atoms with Gasteiger partial charge in [-0.3, -0.25) is 4.79 Å². The van der Waals surface area contributed by atoms with E-state index in [1.807, 2.05) is 6.08 Å². The van der Waals surface area contributed by atoms with Crippen molar-refractivity contribution in [2.45, 2.75) is 270 Å². The van der Waals surface area contributed by atoms with Crippen molar-refractivity contribution < 1.29 is 15.0 Å². The van der Waals surface area contributed by atoms with Crippen LogP contribution < -0.4 is 5.32 Å². The number of rotatable bonds is 45. The number of nitrogens with one attached hydrogen (secondary N) is 1. The van der Waals surface area contributed by atoms with Crippen LogP contribution in [0.2, 0.25) is 0 Å². The first-order valence-corrected chi connectivity index (χ1v) is 24.9. The molecule has 0 aromatic carbocycles. The van der Waals surface area contributed by atoms with E-state index in [9.17, 15) is 15.0 Å². The standard InChI is InChI=1S/C52H97NO3/c1-3-5-7-9-11-13-15-17-19-20-21-22-23-24-25-26-27-28-29-30-31-32-34-36-38-40-42-44-46-48-52(56)53-50(49-54)51(55)47-45-43-41-39-37-35-33-18-16-14-12-10-8-6-4-2/h21-22,24-25,37,39,45,47,50-51,54-55H,3-20,23,26-36,38,40-44,46,48-49H2,1-2H3,(H,53,56)/b22-21-,25-24-,39-37+,47-45+. The molecule has 0 aliphatic heterocycles. The topological polar surface area (TPSA) is 69.6 Å². The molecular formula is C52H97NO3. The molecule has 0 spiro atoms. The van der Waals surface area contributed by atoms with Gasteiger partial charge in [0.2, 0.25) is 5.91 Å². The Labute approximate surface area is 350 Å². The molecule has 56 heavy (non-hydrogen) atoms. The van der Waals surface area contributed by atoms with E-state index in [0.29, 0.717) is 6.42 Å². The summed E-state index contributed by atoms with van der Waals surface area (Å²) in [6, 6.07) is -0.639. The fourth-order valence-electron chi connectivity index (χ4n) is 7.46. The number of hydrogen-bond donors (Lipinski definition) is 3. The van der Waals surface area contributed by atoms with Crippen molar-refractivity contribution in [2.75, 3.05) is 6.61 Å². The van der Waals surface area contributed by atoms with Crippen LogP contribution in [0.4, 0.5) is 0 Å². The molecule has 0 aliphatic carbocycles. The number of carbonyl (C=O) groups excluding carboxylic acids is 1. The predicted octanol–water partition coefficient (Wildman–Crippen LogP) is 15.9. The van der Waals surface area contributed by atoms with Crippen LogP contribution in [0.25, 0.3) is 0 Å². The average molecular weight is 784 g/mol. The lowest BCUT2D eigenvalue weighted by molar-refractivity contribution is -0.123. The minimum atomic E-state index is -0.862. The van der Waals surface area contributed by atoms with E-state index in [2.05, 4.69) is 55.6 Å². The van der Waals surface area contributed by atoms with Crippen LogP contribution in [0.15, 0.2) is 48.6 Å². The molecule has 0 aromatic rings. The van der Waals surface area contributed by atoms with Crippen LogP contribution in [-0.2, 0) is 4.79 Å². The van der Waals surface area contributed by atoms with Gasteiger partial charge in [-0.05, 0) is 64.2 Å². The Morgan fingerprint density at radius 1 is 0.429 bits per heavy atom. The zero-order chi connectivity index (χ0) is 40.7. The predicted molar refractivity (Wildman–Crippen MR) is 248 cm³/mol. The summed E-state index contributed by atoms with van der Waals surface area (Å²) in [5.41, 5.74) is 0. The van der Waals surface area contributed by atoms with Crippen molar-refractivity contribution >= 4 is 5.91 Å². The second-order valence-corrected chi connectivity index (χ2v) is 16.9. The first kappa shape index (κ1) is 54.3. The normalized spacial score (nSPS) is 13.3. The highest BCUT2D eigenvalue weighted by atomic mass is 16.3. The van der Waals surface area contributed by atoms with Crippen molar-refractivity contribution in [3.8, 4) is 0 Å². The molecule has 0 rings (SSSR count). The summed E-state index contributed by atoms with van der Waals surface area (Å²) in [5.74, 6) is -0.0742. The van der Waals surface area contributed by atoms with Gasteiger partial charge < -0.3 is 15.5 Å². The van der Waals surface area contributed by atoms with Gasteiger partial charge in [0, 0.05) is 6.42 Å². The van der Waals surface area contributed by atoms with Crippen LogP contribution in [0.1, 0.15) is 258 Å². The molecule has 0 fully saturated rings. The molecule has 0 radical (unpaired) electrons. The Kier molecular flexibility index (Phi) is 46.3. The molecule has 2 unspecified atom stereocenters. The maximum atomic E-state index is 12.4. The summed E-state index contributed by atoms with van der Waals surface area (Å²) in [6.07, 6.45) is 65.3. The van der Waals surface area contributed by atoms with E-state index in [1.165, 1.54) is 199 Å². The van der Waals surface area contributed by atoms with E-state index in [-0.39, 0.29) is 12.5 Å². The molecule has 0 aliphatic rings. The van der Waals surface area contributed by atoms with Crippen LogP contribution in [0.5, 0.6) is 0 Å². The average Bonchev–Trinajstić information content (AvgIpc) is 3.20. The zero-order valence-corrected chi connectivity index (χ0v) is 37.7. The van der Waals surface area contributed by atoms with Crippen molar-refractivity contribution in [1.29, 1.82) is 0 Å². The summed E-state index contributed by atoms with van der Waals surface area (Å²) in [6.45, 7) is 4.30. The summed E-state index contributed by atoms with van der Waals surface area (Å²) < 4.78 is 0. The number of unbranched alkanes of at least 4 members (excludes halogenated alkanes) is 32. The van der Waals surface area contributed by atoms with E-state index in [0.717, 1.165) is 38.5 Å². The van der Waals surface area contributed by atoms with Gasteiger partial charge in [0.05, 0.1) is 18.8 Å². The van der Waals surface area contributed by atoms with E-state index < -0.39 is 12.1 Å². The maximum absolute atomic E-state index is 12.4. The molecule has 4 nitrogen and oxygen atoms in total. The Hall–Kier alpha value is -1.65. The van der Waals surface area contributed by atoms with Crippen molar-refractivity contribution in [1.82, 2.24) is 5.32 Å². The van der Waals surface area contributed by atoms with Gasteiger partial charge in [-0.1, -0.05) is 236 Å². The van der Waals surface area contributed by atoms with Gasteiger partial charge in [-0.2, -0.15) is 0 Å². The number of hydrogen-bond acceptors (Lipinski definition) is 3. The molecule has 328 valence electrons. The van der Waals surface area contributed by atoms with E-state index in [4.69, 9.17) is 0 Å². The third-order valence-corrected chi connectivity index (χ3v) is 11.3. The smallest absolute Gasteiger partial charge is 0.220 e. The van der Waals surface area contributed by atoms with Gasteiger partial charge in [-0.15, -0.1) is 0 Å². The SMILES string of the molecule is CCCCCCCCCCC/C=C\C/C=C\CCCCCCCCCCCCCCCC(=O)NC(CO)C(O)/C=C/CC/C=C/CCCCCCCCCCC. The highest BCUT2D eigenvalue weighted by molar-refractivity contribution is 5.76. The van der Waals surface area contributed by atoms with Crippen molar-refractivity contribution in [3.05, 3.63) is 48.6 Å². The Morgan fingerprint density at radius 3 is 1.14 bits per heavy atom. The monoisotopic (exact) mass is 784 g/mol. The minimum absolute atomic E-state index is 0.0742. The molecule has 0 bridgehead atoms. The molecule has 0 saturated carbocycles. The maximum Gasteiger partial charge on any atom is 0.220 e. The third-order valence-electron chi connectivity index (χ3n) is 11.3. The molecule has 0 heterocycles. The lowest BCUT2D eigenvalue weighted by Gasteiger charge is -2.19. The van der Waals surface area contributed by atoms with Crippen LogP contribution in [0, 0.1) is 0 Å². The summed E-state index contributed by atoms with van der Waals surface area (Å²) in [7, 11) is 0. The number of aliphatic hydroxyl groups is 2. The molecule has 3 N–H and O–H groups in total. The molecule has 2 atom stereocenters. The fraction of sp³-hybridized carbons (Fsp3) is 0.827. The first-order valence-electron chi connectivity index (χ1n) is 24.9. The Morgan fingerprint density at radius 2 is 0.750 bits per heavy atom. The number of aliphatic hydroxyl groups excluding tert-OH is 2. The second kappa shape index (κ2) is 47.7. The first-order chi connectivity index (χ1) is 27.7. The summed E-state index contributed by atoms with van der Waals surface area (Å²) in [4.78, 5) is 12.4. The zero-order valence-electron chi connectivity index (χ0n) is 37.7. The highest BCUT2D eigenvalue weighted by Crippen LogP contribution is 2.15. The quantitative estimate of drug-likeness (QED) is 0.0425. The van der Waals surface area contributed by atoms with Gasteiger partial charge in [0.25, 0.3) is 0 Å². The van der Waals surface area contributed by atoms with Gasteiger partial charge in [-0.25, -0.2) is 0 Å². The van der Waals surface area contributed by atoms with Crippen LogP contribution in [0.3, 0.4) is 0 Å². The molecule has 4 heteroatoms. The van der Waals surface area contributed by atoms with Crippen LogP contribution in [-0.4, -0.2) is 34.9 Å². The summed E-state index contributed by atoms with van der Waals surface area (Å²) >= 11 is 0. The van der Waals surface area contributed by atoms with Crippen molar-refractivity contribution in [2.24, 2.45) is 0 Å².